The number of halogens is 1. The molecule has 2 aliphatic rings. The molecule has 2 aliphatic carbocycles. The molecule has 2 N–H and O–H groups in total. The van der Waals surface area contributed by atoms with Gasteiger partial charge in [-0.05, 0) is 45.6 Å². The number of aliphatic imine (C=N–C) groups is 1. The second kappa shape index (κ2) is 10.7. The van der Waals surface area contributed by atoms with Crippen molar-refractivity contribution < 1.29 is 0 Å². The van der Waals surface area contributed by atoms with Gasteiger partial charge in [-0.1, -0.05) is 25.7 Å². The van der Waals surface area contributed by atoms with Crippen molar-refractivity contribution in [3.63, 3.8) is 0 Å². The Hall–Kier alpha value is -0.0400. The summed E-state index contributed by atoms with van der Waals surface area (Å²) in [5, 5.41) is 6.91. The number of likely N-dealkylation sites (N-methyl/N-ethyl adjacent to an activating group) is 1. The van der Waals surface area contributed by atoms with Gasteiger partial charge in [0, 0.05) is 32.2 Å². The molecule has 0 saturated heterocycles. The zero-order valence-corrected chi connectivity index (χ0v) is 16.9. The maximum atomic E-state index is 4.33. The first-order chi connectivity index (χ1) is 10.2. The third kappa shape index (κ3) is 7.02. The number of hydrogen-bond acceptors (Lipinski definition) is 2. The van der Waals surface area contributed by atoms with Gasteiger partial charge in [-0.2, -0.15) is 0 Å². The fraction of sp³-hybridized carbons (Fsp3) is 0.941. The summed E-state index contributed by atoms with van der Waals surface area (Å²) in [4.78, 5) is 6.81. The van der Waals surface area contributed by atoms with Crippen LogP contribution in [0.3, 0.4) is 0 Å². The van der Waals surface area contributed by atoms with Crippen molar-refractivity contribution in [3.05, 3.63) is 0 Å². The lowest BCUT2D eigenvalue weighted by Gasteiger charge is -2.25. The van der Waals surface area contributed by atoms with E-state index < -0.39 is 0 Å². The van der Waals surface area contributed by atoms with E-state index in [1.165, 1.54) is 51.4 Å². The molecule has 0 aliphatic heterocycles. The van der Waals surface area contributed by atoms with Crippen LogP contribution in [0.1, 0.15) is 58.3 Å². The van der Waals surface area contributed by atoms with Gasteiger partial charge in [-0.3, -0.25) is 9.89 Å². The predicted octanol–water partition coefficient (Wildman–Crippen LogP) is 3.22. The SMILES string of the molecule is CN=C(NCCCC1CCCC1)NCC(C)N(C)C1CC1.I. The fourth-order valence-electron chi connectivity index (χ4n) is 3.35. The van der Waals surface area contributed by atoms with Crippen LogP contribution in [0.5, 0.6) is 0 Å². The van der Waals surface area contributed by atoms with Crippen molar-refractivity contribution in [3.8, 4) is 0 Å². The molecule has 1 unspecified atom stereocenters. The molecule has 0 aromatic carbocycles. The van der Waals surface area contributed by atoms with Crippen LogP contribution < -0.4 is 10.6 Å². The normalized spacial score (nSPS) is 20.8. The van der Waals surface area contributed by atoms with Crippen LogP contribution in [0, 0.1) is 5.92 Å². The Labute approximate surface area is 153 Å². The van der Waals surface area contributed by atoms with Gasteiger partial charge >= 0.3 is 0 Å². The largest absolute Gasteiger partial charge is 0.356 e. The molecule has 0 bridgehead atoms. The average molecular weight is 422 g/mol. The maximum Gasteiger partial charge on any atom is 0.191 e. The van der Waals surface area contributed by atoms with E-state index in [-0.39, 0.29) is 24.0 Å². The van der Waals surface area contributed by atoms with E-state index in [1.54, 1.807) is 0 Å². The Balaban J connectivity index is 0.00000242. The number of nitrogens with one attached hydrogen (secondary N) is 2. The van der Waals surface area contributed by atoms with E-state index in [0.29, 0.717) is 6.04 Å². The molecule has 0 heterocycles. The smallest absolute Gasteiger partial charge is 0.191 e. The van der Waals surface area contributed by atoms with Gasteiger partial charge in [0.1, 0.15) is 0 Å². The Morgan fingerprint density at radius 2 is 1.86 bits per heavy atom. The molecule has 0 aromatic heterocycles. The van der Waals surface area contributed by atoms with Crippen molar-refractivity contribution in [1.29, 1.82) is 0 Å². The lowest BCUT2D eigenvalue weighted by Crippen LogP contribution is -2.45. The van der Waals surface area contributed by atoms with E-state index in [9.17, 15) is 0 Å². The van der Waals surface area contributed by atoms with E-state index in [4.69, 9.17) is 0 Å². The van der Waals surface area contributed by atoms with E-state index in [1.807, 2.05) is 7.05 Å². The van der Waals surface area contributed by atoms with Crippen molar-refractivity contribution in [2.24, 2.45) is 10.9 Å². The summed E-state index contributed by atoms with van der Waals surface area (Å²) < 4.78 is 0. The monoisotopic (exact) mass is 422 g/mol. The summed E-state index contributed by atoms with van der Waals surface area (Å²) >= 11 is 0. The Morgan fingerprint density at radius 1 is 1.18 bits per heavy atom. The molecular formula is C17H35IN4. The minimum Gasteiger partial charge on any atom is -0.356 e. The highest BCUT2D eigenvalue weighted by Gasteiger charge is 2.28. The minimum absolute atomic E-state index is 0. The van der Waals surface area contributed by atoms with Gasteiger partial charge < -0.3 is 10.6 Å². The topological polar surface area (TPSA) is 39.7 Å². The molecule has 5 heteroatoms. The molecule has 22 heavy (non-hydrogen) atoms. The van der Waals surface area contributed by atoms with Crippen LogP contribution in [0.4, 0.5) is 0 Å². The van der Waals surface area contributed by atoms with E-state index >= 15 is 0 Å². The molecule has 2 rings (SSSR count). The number of hydrogen-bond donors (Lipinski definition) is 2. The van der Waals surface area contributed by atoms with Crippen molar-refractivity contribution in [2.45, 2.75) is 70.4 Å². The van der Waals surface area contributed by atoms with Crippen molar-refractivity contribution in [1.82, 2.24) is 15.5 Å². The molecule has 0 spiro atoms. The molecule has 4 nitrogen and oxygen atoms in total. The first-order valence-electron chi connectivity index (χ1n) is 8.87. The van der Waals surface area contributed by atoms with Crippen molar-refractivity contribution in [2.75, 3.05) is 27.2 Å². The van der Waals surface area contributed by atoms with Crippen LogP contribution in [0.2, 0.25) is 0 Å². The van der Waals surface area contributed by atoms with E-state index in [2.05, 4.69) is 34.5 Å². The van der Waals surface area contributed by atoms with Crippen LogP contribution in [0.15, 0.2) is 4.99 Å². The number of guanidine groups is 1. The van der Waals surface area contributed by atoms with E-state index in [0.717, 1.165) is 31.0 Å². The molecular weight excluding hydrogens is 387 g/mol. The van der Waals surface area contributed by atoms with Crippen LogP contribution >= 0.6 is 24.0 Å². The summed E-state index contributed by atoms with van der Waals surface area (Å²) in [5.41, 5.74) is 0. The predicted molar refractivity (Wildman–Crippen MR) is 106 cm³/mol. The lowest BCUT2D eigenvalue weighted by molar-refractivity contribution is 0.247. The summed E-state index contributed by atoms with van der Waals surface area (Å²) in [6, 6.07) is 1.39. The second-order valence-corrected chi connectivity index (χ2v) is 6.92. The van der Waals surface area contributed by atoms with Gasteiger partial charge in [0.05, 0.1) is 0 Å². The van der Waals surface area contributed by atoms with Crippen LogP contribution in [-0.2, 0) is 0 Å². The number of rotatable bonds is 8. The third-order valence-corrected chi connectivity index (χ3v) is 5.16. The molecule has 130 valence electrons. The molecule has 2 fully saturated rings. The first-order valence-corrected chi connectivity index (χ1v) is 8.87. The summed E-state index contributed by atoms with van der Waals surface area (Å²) in [6.45, 7) is 4.30. The summed E-state index contributed by atoms with van der Waals surface area (Å²) in [5.74, 6) is 1.95. The van der Waals surface area contributed by atoms with Crippen LogP contribution in [-0.4, -0.2) is 50.1 Å². The standard InChI is InChI=1S/C17H34N4.HI/c1-14(21(3)16-10-11-16)13-20-17(18-2)19-12-6-9-15-7-4-5-8-15;/h14-16H,4-13H2,1-3H3,(H2,18,19,20);1H. The summed E-state index contributed by atoms with van der Waals surface area (Å²) in [6.07, 6.45) is 11.2. The van der Waals surface area contributed by atoms with Gasteiger partial charge in [0.15, 0.2) is 5.96 Å². The quantitative estimate of drug-likeness (QED) is 0.273. The Bertz CT molecular complexity index is 325. The molecule has 1 atom stereocenters. The highest BCUT2D eigenvalue weighted by atomic mass is 127. The summed E-state index contributed by atoms with van der Waals surface area (Å²) in [7, 11) is 4.10. The highest BCUT2D eigenvalue weighted by molar-refractivity contribution is 14.0. The van der Waals surface area contributed by atoms with Gasteiger partial charge in [-0.15, -0.1) is 24.0 Å². The molecule has 0 amide bonds. The highest BCUT2D eigenvalue weighted by Crippen LogP contribution is 2.28. The van der Waals surface area contributed by atoms with Crippen molar-refractivity contribution >= 4 is 29.9 Å². The molecule has 0 radical (unpaired) electrons. The average Bonchev–Trinajstić information content (AvgIpc) is 3.22. The zero-order valence-electron chi connectivity index (χ0n) is 14.6. The molecule has 2 saturated carbocycles. The zero-order chi connectivity index (χ0) is 15.1. The van der Waals surface area contributed by atoms with Gasteiger partial charge in [0.25, 0.3) is 0 Å². The fourth-order valence-corrected chi connectivity index (χ4v) is 3.35. The first kappa shape index (κ1) is 20.0. The Morgan fingerprint density at radius 3 is 2.45 bits per heavy atom. The minimum atomic E-state index is 0. The third-order valence-electron chi connectivity index (χ3n) is 5.16. The van der Waals surface area contributed by atoms with Gasteiger partial charge in [-0.25, -0.2) is 0 Å². The second-order valence-electron chi connectivity index (χ2n) is 6.92. The number of nitrogens with zero attached hydrogens (tertiary/aromatic N) is 2. The Kier molecular flexibility index (Phi) is 9.71. The van der Waals surface area contributed by atoms with Gasteiger partial charge in [0.2, 0.25) is 0 Å². The maximum absolute atomic E-state index is 4.33. The lowest BCUT2D eigenvalue weighted by atomic mass is 10.0. The molecule has 0 aromatic rings. The van der Waals surface area contributed by atoms with Crippen LogP contribution in [0.25, 0.3) is 0 Å².